The van der Waals surface area contributed by atoms with Gasteiger partial charge in [-0.25, -0.2) is 18.7 Å². The number of halogens is 3. The lowest BCUT2D eigenvalue weighted by atomic mass is 9.89. The molecule has 1 aliphatic carbocycles. The summed E-state index contributed by atoms with van der Waals surface area (Å²) in [5.41, 5.74) is 1.31. The van der Waals surface area contributed by atoms with Gasteiger partial charge in [-0.1, -0.05) is 0 Å². The van der Waals surface area contributed by atoms with Gasteiger partial charge in [0.05, 0.1) is 12.2 Å². The minimum absolute atomic E-state index is 0.00259. The van der Waals surface area contributed by atoms with Crippen LogP contribution in [0.3, 0.4) is 0 Å². The summed E-state index contributed by atoms with van der Waals surface area (Å²) in [6.45, 7) is 0. The standard InChI is InChI=1S/C14H16ClF2N5O/c1-22-7-8(5-19-22)9-6-18-13(15)21-12(9)20-10-3-2-4-14(16,17)11(10)23/h5-7,10-11,23H,2-4H2,1H3,(H,18,20,21)/t10-,11+/m1/s1. The molecule has 0 aliphatic heterocycles. The van der Waals surface area contributed by atoms with Gasteiger partial charge >= 0.3 is 0 Å². The molecule has 2 atom stereocenters. The van der Waals surface area contributed by atoms with Crippen LogP contribution in [0.1, 0.15) is 19.3 Å². The summed E-state index contributed by atoms with van der Waals surface area (Å²) in [4.78, 5) is 8.02. The highest BCUT2D eigenvalue weighted by atomic mass is 35.5. The smallest absolute Gasteiger partial charge is 0.275 e. The lowest BCUT2D eigenvalue weighted by Gasteiger charge is -2.35. The first-order valence-electron chi connectivity index (χ1n) is 7.21. The van der Waals surface area contributed by atoms with Crippen molar-refractivity contribution in [2.45, 2.75) is 37.3 Å². The lowest BCUT2D eigenvalue weighted by Crippen LogP contribution is -2.49. The van der Waals surface area contributed by atoms with Crippen LogP contribution in [0.2, 0.25) is 5.28 Å². The molecule has 1 aliphatic rings. The van der Waals surface area contributed by atoms with Gasteiger partial charge in [0.1, 0.15) is 11.9 Å². The van der Waals surface area contributed by atoms with Gasteiger partial charge in [-0.3, -0.25) is 4.68 Å². The Hall–Kier alpha value is -1.80. The lowest BCUT2D eigenvalue weighted by molar-refractivity contribution is -0.135. The fourth-order valence-corrected chi connectivity index (χ4v) is 2.86. The van der Waals surface area contributed by atoms with E-state index in [4.69, 9.17) is 11.6 Å². The van der Waals surface area contributed by atoms with Crippen molar-refractivity contribution in [3.05, 3.63) is 23.9 Å². The number of hydrogen-bond acceptors (Lipinski definition) is 5. The molecule has 1 saturated carbocycles. The number of aryl methyl sites for hydroxylation is 1. The molecule has 1 fully saturated rings. The fourth-order valence-electron chi connectivity index (χ4n) is 2.73. The second kappa shape index (κ2) is 6.01. The van der Waals surface area contributed by atoms with E-state index in [1.807, 2.05) is 0 Å². The summed E-state index contributed by atoms with van der Waals surface area (Å²) in [5.74, 6) is -2.80. The van der Waals surface area contributed by atoms with Crippen molar-refractivity contribution >= 4 is 17.4 Å². The predicted molar refractivity (Wildman–Crippen MR) is 81.5 cm³/mol. The van der Waals surface area contributed by atoms with Crippen LogP contribution < -0.4 is 5.32 Å². The molecule has 23 heavy (non-hydrogen) atoms. The average Bonchev–Trinajstić information content (AvgIpc) is 2.90. The molecule has 124 valence electrons. The molecule has 0 spiro atoms. The van der Waals surface area contributed by atoms with Gasteiger partial charge in [0.15, 0.2) is 0 Å². The zero-order valence-electron chi connectivity index (χ0n) is 12.4. The third-order valence-electron chi connectivity index (χ3n) is 3.94. The molecular formula is C14H16ClF2N5O. The van der Waals surface area contributed by atoms with Crippen molar-refractivity contribution in [1.29, 1.82) is 0 Å². The Balaban J connectivity index is 1.92. The van der Waals surface area contributed by atoms with E-state index in [0.717, 1.165) is 5.56 Å². The first kappa shape index (κ1) is 16.1. The van der Waals surface area contributed by atoms with E-state index in [1.165, 1.54) is 6.20 Å². The summed E-state index contributed by atoms with van der Waals surface area (Å²) in [6, 6.07) is -0.805. The van der Waals surface area contributed by atoms with Crippen molar-refractivity contribution in [2.75, 3.05) is 5.32 Å². The van der Waals surface area contributed by atoms with E-state index < -0.39 is 18.1 Å². The molecular weight excluding hydrogens is 328 g/mol. The van der Waals surface area contributed by atoms with Gasteiger partial charge in [0.2, 0.25) is 5.28 Å². The minimum atomic E-state index is -3.11. The number of aromatic nitrogens is 4. The van der Waals surface area contributed by atoms with Crippen LogP contribution in [0.25, 0.3) is 11.1 Å². The summed E-state index contributed by atoms with van der Waals surface area (Å²) < 4.78 is 29.0. The van der Waals surface area contributed by atoms with E-state index in [1.54, 1.807) is 24.1 Å². The van der Waals surface area contributed by atoms with Crippen LogP contribution in [-0.4, -0.2) is 42.9 Å². The van der Waals surface area contributed by atoms with Gasteiger partial charge < -0.3 is 10.4 Å². The highest BCUT2D eigenvalue weighted by molar-refractivity contribution is 6.28. The largest absolute Gasteiger partial charge is 0.385 e. The second-order valence-electron chi connectivity index (χ2n) is 5.65. The van der Waals surface area contributed by atoms with Crippen molar-refractivity contribution in [2.24, 2.45) is 7.05 Å². The Kier molecular flexibility index (Phi) is 4.20. The molecule has 0 radical (unpaired) electrons. The summed E-state index contributed by atoms with van der Waals surface area (Å²) in [5, 5.41) is 16.9. The summed E-state index contributed by atoms with van der Waals surface area (Å²) >= 11 is 5.83. The normalized spacial score (nSPS) is 23.7. The first-order chi connectivity index (χ1) is 10.9. The molecule has 0 bridgehead atoms. The first-order valence-corrected chi connectivity index (χ1v) is 7.58. The van der Waals surface area contributed by atoms with Crippen molar-refractivity contribution < 1.29 is 13.9 Å². The molecule has 2 N–H and O–H groups in total. The van der Waals surface area contributed by atoms with Crippen molar-refractivity contribution in [3.8, 4) is 11.1 Å². The predicted octanol–water partition coefficient (Wildman–Crippen LogP) is 2.49. The highest BCUT2D eigenvalue weighted by Crippen LogP contribution is 2.36. The van der Waals surface area contributed by atoms with Crippen LogP contribution in [-0.2, 0) is 7.05 Å². The van der Waals surface area contributed by atoms with Crippen LogP contribution in [0, 0.1) is 0 Å². The molecule has 6 nitrogen and oxygen atoms in total. The van der Waals surface area contributed by atoms with E-state index in [9.17, 15) is 13.9 Å². The van der Waals surface area contributed by atoms with Gasteiger partial charge in [-0.05, 0) is 24.4 Å². The zero-order valence-corrected chi connectivity index (χ0v) is 13.1. The van der Waals surface area contributed by atoms with Crippen LogP contribution >= 0.6 is 11.6 Å². The van der Waals surface area contributed by atoms with E-state index in [-0.39, 0.29) is 11.7 Å². The van der Waals surface area contributed by atoms with Gasteiger partial charge in [0, 0.05) is 37.0 Å². The van der Waals surface area contributed by atoms with E-state index in [2.05, 4.69) is 20.4 Å². The highest BCUT2D eigenvalue weighted by Gasteiger charge is 2.46. The summed E-state index contributed by atoms with van der Waals surface area (Å²) in [6.07, 6.45) is 3.53. The van der Waals surface area contributed by atoms with E-state index >= 15 is 0 Å². The maximum atomic E-state index is 13.7. The number of alkyl halides is 2. The number of anilines is 1. The number of rotatable bonds is 3. The Morgan fingerprint density at radius 1 is 1.43 bits per heavy atom. The van der Waals surface area contributed by atoms with E-state index in [0.29, 0.717) is 24.2 Å². The Bertz CT molecular complexity index is 708. The molecule has 3 rings (SSSR count). The van der Waals surface area contributed by atoms with Gasteiger partial charge in [-0.2, -0.15) is 5.10 Å². The Labute approximate surface area is 136 Å². The van der Waals surface area contributed by atoms with Crippen LogP contribution in [0.5, 0.6) is 0 Å². The Morgan fingerprint density at radius 3 is 2.91 bits per heavy atom. The molecule has 0 aromatic carbocycles. The third kappa shape index (κ3) is 3.28. The molecule has 0 saturated heterocycles. The van der Waals surface area contributed by atoms with Gasteiger partial charge in [-0.15, -0.1) is 0 Å². The van der Waals surface area contributed by atoms with Gasteiger partial charge in [0.25, 0.3) is 5.92 Å². The van der Waals surface area contributed by atoms with Crippen LogP contribution in [0.4, 0.5) is 14.6 Å². The molecule has 2 aromatic heterocycles. The monoisotopic (exact) mass is 343 g/mol. The maximum absolute atomic E-state index is 13.7. The number of nitrogens with zero attached hydrogens (tertiary/aromatic N) is 4. The molecule has 0 unspecified atom stereocenters. The number of hydrogen-bond donors (Lipinski definition) is 2. The zero-order chi connectivity index (χ0) is 16.6. The van der Waals surface area contributed by atoms with Crippen LogP contribution in [0.15, 0.2) is 18.6 Å². The Morgan fingerprint density at radius 2 is 2.22 bits per heavy atom. The SMILES string of the molecule is Cn1cc(-c2cnc(Cl)nc2N[C@@H]2CCCC(F)(F)[C@H]2O)cn1. The number of nitrogens with one attached hydrogen (secondary N) is 1. The fraction of sp³-hybridized carbons (Fsp3) is 0.500. The molecule has 2 heterocycles. The molecule has 9 heteroatoms. The minimum Gasteiger partial charge on any atom is -0.385 e. The quantitative estimate of drug-likeness (QED) is 0.837. The maximum Gasteiger partial charge on any atom is 0.275 e. The number of aliphatic hydroxyl groups excluding tert-OH is 1. The topological polar surface area (TPSA) is 75.9 Å². The molecule has 0 amide bonds. The third-order valence-corrected chi connectivity index (χ3v) is 4.12. The molecule has 2 aromatic rings. The number of aliphatic hydroxyl groups is 1. The van der Waals surface area contributed by atoms with Crippen molar-refractivity contribution in [1.82, 2.24) is 19.7 Å². The second-order valence-corrected chi connectivity index (χ2v) is 5.99. The average molecular weight is 344 g/mol. The van der Waals surface area contributed by atoms with Crippen molar-refractivity contribution in [3.63, 3.8) is 0 Å². The summed E-state index contributed by atoms with van der Waals surface area (Å²) in [7, 11) is 1.76.